The van der Waals surface area contributed by atoms with Crippen molar-refractivity contribution in [1.82, 2.24) is 9.47 Å². The van der Waals surface area contributed by atoms with E-state index < -0.39 is 0 Å². The van der Waals surface area contributed by atoms with Gasteiger partial charge in [0.25, 0.3) is 0 Å². The quantitative estimate of drug-likeness (QED) is 0.897. The Kier molecular flexibility index (Phi) is 4.35. The van der Waals surface area contributed by atoms with Crippen LogP contribution in [0.1, 0.15) is 5.56 Å². The molecule has 2 N–H and O–H groups in total. The van der Waals surface area contributed by atoms with Gasteiger partial charge in [-0.2, -0.15) is 0 Å². The number of benzene rings is 1. The zero-order chi connectivity index (χ0) is 13.8. The van der Waals surface area contributed by atoms with E-state index in [1.807, 2.05) is 0 Å². The van der Waals surface area contributed by atoms with Crippen molar-refractivity contribution in [2.75, 3.05) is 39.4 Å². The molecule has 4 heteroatoms. The Morgan fingerprint density at radius 3 is 2.70 bits per heavy atom. The van der Waals surface area contributed by atoms with Gasteiger partial charge in [-0.05, 0) is 24.6 Å². The molecule has 1 fully saturated rings. The van der Waals surface area contributed by atoms with Gasteiger partial charge in [0, 0.05) is 43.3 Å². The highest BCUT2D eigenvalue weighted by molar-refractivity contribution is 5.84. The predicted octanol–water partition coefficient (Wildman–Crippen LogP) is 1.47. The van der Waals surface area contributed by atoms with E-state index in [1.165, 1.54) is 16.5 Å². The first kappa shape index (κ1) is 13.6. The van der Waals surface area contributed by atoms with Crippen LogP contribution in [0, 0.1) is 0 Å². The normalized spacial score (nSPS) is 16.9. The van der Waals surface area contributed by atoms with Crippen LogP contribution in [0.3, 0.4) is 0 Å². The minimum absolute atomic E-state index is 0.706. The summed E-state index contributed by atoms with van der Waals surface area (Å²) in [4.78, 5) is 2.47. The summed E-state index contributed by atoms with van der Waals surface area (Å²) in [6, 6.07) is 8.62. The number of nitrogens with two attached hydrogens (primary N) is 1. The summed E-state index contributed by atoms with van der Waals surface area (Å²) >= 11 is 0. The van der Waals surface area contributed by atoms with Gasteiger partial charge >= 0.3 is 0 Å². The molecule has 0 saturated carbocycles. The third-order valence-corrected chi connectivity index (χ3v) is 4.05. The fraction of sp³-hybridized carbons (Fsp3) is 0.500. The lowest BCUT2D eigenvalue weighted by atomic mass is 10.1. The number of nitrogens with zero attached hydrogens (tertiary/aromatic N) is 2. The largest absolute Gasteiger partial charge is 0.379 e. The highest BCUT2D eigenvalue weighted by Gasteiger charge is 2.12. The molecule has 1 aliphatic heterocycles. The average molecular weight is 273 g/mol. The zero-order valence-electron chi connectivity index (χ0n) is 11.9. The van der Waals surface area contributed by atoms with Gasteiger partial charge in [0.05, 0.1) is 13.2 Å². The van der Waals surface area contributed by atoms with Crippen molar-refractivity contribution in [3.8, 4) is 0 Å². The zero-order valence-corrected chi connectivity index (χ0v) is 11.9. The highest BCUT2D eigenvalue weighted by Crippen LogP contribution is 2.21. The summed E-state index contributed by atoms with van der Waals surface area (Å²) in [6.45, 7) is 6.66. The molecular weight excluding hydrogens is 250 g/mol. The molecule has 3 rings (SSSR count). The molecule has 2 heterocycles. The second-order valence-electron chi connectivity index (χ2n) is 5.36. The van der Waals surface area contributed by atoms with E-state index in [9.17, 15) is 0 Å². The third kappa shape index (κ3) is 2.87. The van der Waals surface area contributed by atoms with Crippen LogP contribution in [-0.4, -0.2) is 48.9 Å². The Hall–Kier alpha value is -1.36. The number of fused-ring (bicyclic) bond motifs is 1. The van der Waals surface area contributed by atoms with Crippen molar-refractivity contribution in [2.24, 2.45) is 5.73 Å². The molecule has 0 atom stereocenters. The molecule has 0 bridgehead atoms. The van der Waals surface area contributed by atoms with Crippen molar-refractivity contribution in [3.05, 3.63) is 36.0 Å². The number of rotatable bonds is 5. The average Bonchev–Trinajstić information content (AvgIpc) is 2.85. The lowest BCUT2D eigenvalue weighted by Crippen LogP contribution is -2.38. The summed E-state index contributed by atoms with van der Waals surface area (Å²) < 4.78 is 7.77. The SMILES string of the molecule is NCCc1cn(CCN2CCOCC2)c2ccccc12. The Labute approximate surface area is 120 Å². The van der Waals surface area contributed by atoms with E-state index in [1.54, 1.807) is 0 Å². The van der Waals surface area contributed by atoms with Gasteiger partial charge in [-0.15, -0.1) is 0 Å². The Morgan fingerprint density at radius 2 is 1.90 bits per heavy atom. The molecule has 2 aromatic rings. The second-order valence-corrected chi connectivity index (χ2v) is 5.36. The van der Waals surface area contributed by atoms with E-state index in [4.69, 9.17) is 10.5 Å². The Morgan fingerprint density at radius 1 is 1.10 bits per heavy atom. The van der Waals surface area contributed by atoms with Gasteiger partial charge in [-0.25, -0.2) is 0 Å². The Balaban J connectivity index is 1.76. The predicted molar refractivity (Wildman–Crippen MR) is 82.0 cm³/mol. The molecule has 0 unspecified atom stereocenters. The number of para-hydroxylation sites is 1. The van der Waals surface area contributed by atoms with E-state index in [-0.39, 0.29) is 0 Å². The van der Waals surface area contributed by atoms with Crippen LogP contribution >= 0.6 is 0 Å². The molecule has 20 heavy (non-hydrogen) atoms. The van der Waals surface area contributed by atoms with Crippen LogP contribution in [0.25, 0.3) is 10.9 Å². The van der Waals surface area contributed by atoms with E-state index >= 15 is 0 Å². The first-order valence-electron chi connectivity index (χ1n) is 7.45. The smallest absolute Gasteiger partial charge is 0.0594 e. The molecule has 1 aromatic heterocycles. The molecule has 108 valence electrons. The maximum atomic E-state index is 5.72. The van der Waals surface area contributed by atoms with Crippen LogP contribution in [-0.2, 0) is 17.7 Å². The third-order valence-electron chi connectivity index (χ3n) is 4.05. The summed E-state index contributed by atoms with van der Waals surface area (Å²) in [6.07, 6.45) is 3.23. The molecule has 1 aliphatic rings. The van der Waals surface area contributed by atoms with Crippen LogP contribution < -0.4 is 5.73 Å². The van der Waals surface area contributed by atoms with Crippen molar-refractivity contribution >= 4 is 10.9 Å². The van der Waals surface area contributed by atoms with Gasteiger partial charge in [0.1, 0.15) is 0 Å². The Bertz CT molecular complexity index is 558. The van der Waals surface area contributed by atoms with E-state index in [0.29, 0.717) is 6.54 Å². The van der Waals surface area contributed by atoms with Crippen LogP contribution in [0.5, 0.6) is 0 Å². The van der Waals surface area contributed by atoms with Crippen LogP contribution in [0.15, 0.2) is 30.5 Å². The number of aromatic nitrogens is 1. The summed E-state index contributed by atoms with van der Waals surface area (Å²) in [5.74, 6) is 0. The van der Waals surface area contributed by atoms with Gasteiger partial charge in [0.2, 0.25) is 0 Å². The summed E-state index contributed by atoms with van der Waals surface area (Å²) in [5.41, 5.74) is 8.41. The molecule has 1 saturated heterocycles. The molecule has 1 aromatic carbocycles. The topological polar surface area (TPSA) is 43.4 Å². The number of hydrogen-bond acceptors (Lipinski definition) is 3. The first-order valence-corrected chi connectivity index (χ1v) is 7.45. The lowest BCUT2D eigenvalue weighted by molar-refractivity contribution is 0.0365. The number of ether oxygens (including phenoxy) is 1. The maximum Gasteiger partial charge on any atom is 0.0594 e. The molecular formula is C16H23N3O. The van der Waals surface area contributed by atoms with Crippen LogP contribution in [0.4, 0.5) is 0 Å². The molecule has 0 amide bonds. The fourth-order valence-corrected chi connectivity index (χ4v) is 2.94. The molecule has 0 aliphatic carbocycles. The van der Waals surface area contributed by atoms with Gasteiger partial charge < -0.3 is 15.0 Å². The lowest BCUT2D eigenvalue weighted by Gasteiger charge is -2.26. The highest BCUT2D eigenvalue weighted by atomic mass is 16.5. The monoisotopic (exact) mass is 273 g/mol. The maximum absolute atomic E-state index is 5.72. The van der Waals surface area contributed by atoms with Crippen molar-refractivity contribution < 1.29 is 4.74 Å². The fourth-order valence-electron chi connectivity index (χ4n) is 2.94. The summed E-state index contributed by atoms with van der Waals surface area (Å²) in [5, 5.41) is 1.35. The second kappa shape index (κ2) is 6.39. The van der Waals surface area contributed by atoms with Crippen molar-refractivity contribution in [2.45, 2.75) is 13.0 Å². The van der Waals surface area contributed by atoms with E-state index in [0.717, 1.165) is 45.8 Å². The number of hydrogen-bond donors (Lipinski definition) is 1. The number of morpholine rings is 1. The van der Waals surface area contributed by atoms with Gasteiger partial charge in [-0.3, -0.25) is 4.90 Å². The molecule has 0 radical (unpaired) electrons. The van der Waals surface area contributed by atoms with Gasteiger partial charge in [0.15, 0.2) is 0 Å². The summed E-state index contributed by atoms with van der Waals surface area (Å²) in [7, 11) is 0. The van der Waals surface area contributed by atoms with Crippen molar-refractivity contribution in [3.63, 3.8) is 0 Å². The minimum atomic E-state index is 0.706. The molecule has 0 spiro atoms. The van der Waals surface area contributed by atoms with E-state index in [2.05, 4.69) is 39.9 Å². The minimum Gasteiger partial charge on any atom is -0.379 e. The van der Waals surface area contributed by atoms with Crippen LogP contribution in [0.2, 0.25) is 0 Å². The molecule has 4 nitrogen and oxygen atoms in total. The standard InChI is InChI=1S/C16H23N3O/c17-6-5-14-13-19(16-4-2-1-3-15(14)16)8-7-18-9-11-20-12-10-18/h1-4,13H,5-12,17H2. The van der Waals surface area contributed by atoms with Gasteiger partial charge in [-0.1, -0.05) is 18.2 Å². The van der Waals surface area contributed by atoms with Crippen molar-refractivity contribution in [1.29, 1.82) is 0 Å². The first-order chi connectivity index (χ1) is 9.88.